The maximum atomic E-state index is 12.4. The first kappa shape index (κ1) is 14.9. The average Bonchev–Trinajstić information content (AvgIpc) is 2.61. The number of benzene rings is 4. The van der Waals surface area contributed by atoms with Gasteiger partial charge in [0, 0.05) is 4.47 Å². The average molecular weight is 377 g/mol. The van der Waals surface area contributed by atoms with Gasteiger partial charge in [0.2, 0.25) is 0 Å². The molecule has 116 valence electrons. The van der Waals surface area contributed by atoms with Crippen molar-refractivity contribution in [3.05, 3.63) is 88.9 Å². The summed E-state index contributed by atoms with van der Waals surface area (Å²) in [5.41, 5.74) is 0.546. The van der Waals surface area contributed by atoms with Crippen LogP contribution in [0.15, 0.2) is 83.3 Å². The van der Waals surface area contributed by atoms with Crippen molar-refractivity contribution in [3.63, 3.8) is 0 Å². The molecule has 0 N–H and O–H groups in total. The summed E-state index contributed by atoms with van der Waals surface area (Å²) in [6.07, 6.45) is 0. The number of carbonyl (C=O) groups excluding carboxylic acids is 1. The van der Waals surface area contributed by atoms with Gasteiger partial charge in [-0.15, -0.1) is 0 Å². The Morgan fingerprint density at radius 3 is 2.25 bits per heavy atom. The van der Waals surface area contributed by atoms with Crippen LogP contribution in [0.4, 0.5) is 0 Å². The maximum absolute atomic E-state index is 12.4. The van der Waals surface area contributed by atoms with Crippen LogP contribution in [-0.4, -0.2) is 5.97 Å². The van der Waals surface area contributed by atoms with Crippen LogP contribution < -0.4 is 4.74 Å². The van der Waals surface area contributed by atoms with E-state index < -0.39 is 0 Å². The van der Waals surface area contributed by atoms with Crippen molar-refractivity contribution < 1.29 is 9.53 Å². The summed E-state index contributed by atoms with van der Waals surface area (Å²) in [4.78, 5) is 12.4. The lowest BCUT2D eigenvalue weighted by Gasteiger charge is -2.07. The number of rotatable bonds is 2. The summed E-state index contributed by atoms with van der Waals surface area (Å²) < 4.78 is 6.56. The summed E-state index contributed by atoms with van der Waals surface area (Å²) >= 11 is 3.46. The van der Waals surface area contributed by atoms with Crippen molar-refractivity contribution >= 4 is 43.4 Å². The van der Waals surface area contributed by atoms with E-state index in [0.29, 0.717) is 11.3 Å². The molecule has 0 amide bonds. The van der Waals surface area contributed by atoms with Crippen molar-refractivity contribution in [2.45, 2.75) is 0 Å². The molecule has 0 heterocycles. The largest absolute Gasteiger partial charge is 0.423 e. The highest BCUT2D eigenvalue weighted by Gasteiger charge is 2.10. The molecule has 0 aromatic heterocycles. The fraction of sp³-hybridized carbons (Fsp3) is 0. The summed E-state index contributed by atoms with van der Waals surface area (Å²) in [5.74, 6) is 0.195. The van der Waals surface area contributed by atoms with Crippen LogP contribution in [0.5, 0.6) is 5.75 Å². The summed E-state index contributed by atoms with van der Waals surface area (Å²) in [6, 6.07) is 25.2. The minimum atomic E-state index is -0.350. The molecule has 4 aromatic carbocycles. The van der Waals surface area contributed by atoms with Gasteiger partial charge >= 0.3 is 5.97 Å². The molecule has 2 nitrogen and oxygen atoms in total. The number of hydrogen-bond acceptors (Lipinski definition) is 2. The lowest BCUT2D eigenvalue weighted by atomic mass is 10.1. The van der Waals surface area contributed by atoms with Crippen LogP contribution in [0.25, 0.3) is 21.5 Å². The lowest BCUT2D eigenvalue weighted by molar-refractivity contribution is 0.0735. The molecule has 3 heteroatoms. The SMILES string of the molecule is O=C(Oc1ccc2cc(Br)ccc2c1)c1ccc2ccccc2c1. The highest BCUT2D eigenvalue weighted by molar-refractivity contribution is 9.10. The van der Waals surface area contributed by atoms with Gasteiger partial charge in [-0.2, -0.15) is 0 Å². The zero-order chi connectivity index (χ0) is 16.5. The molecule has 0 saturated carbocycles. The lowest BCUT2D eigenvalue weighted by Crippen LogP contribution is -2.08. The predicted octanol–water partition coefficient (Wildman–Crippen LogP) is 5.97. The highest BCUT2D eigenvalue weighted by atomic mass is 79.9. The second kappa shape index (κ2) is 6.10. The van der Waals surface area contributed by atoms with E-state index in [1.807, 2.05) is 72.8 Å². The van der Waals surface area contributed by atoms with Gasteiger partial charge in [0.1, 0.15) is 5.75 Å². The molecule has 0 unspecified atom stereocenters. The van der Waals surface area contributed by atoms with Gasteiger partial charge in [-0.05, 0) is 57.9 Å². The van der Waals surface area contributed by atoms with E-state index in [-0.39, 0.29) is 5.97 Å². The molecule has 0 aliphatic heterocycles. The van der Waals surface area contributed by atoms with Gasteiger partial charge in [0.25, 0.3) is 0 Å². The Labute approximate surface area is 147 Å². The molecule has 0 atom stereocenters. The van der Waals surface area contributed by atoms with E-state index in [1.165, 1.54) is 0 Å². The van der Waals surface area contributed by atoms with Crippen molar-refractivity contribution in [1.82, 2.24) is 0 Å². The molecule has 0 saturated heterocycles. The standard InChI is InChI=1S/C21H13BrO2/c22-19-9-7-17-13-20(10-8-16(17)12-19)24-21(23)18-6-5-14-3-1-2-4-15(14)11-18/h1-13H. The molecule has 24 heavy (non-hydrogen) atoms. The van der Waals surface area contributed by atoms with Crippen LogP contribution in [-0.2, 0) is 0 Å². The number of esters is 1. The van der Waals surface area contributed by atoms with E-state index in [4.69, 9.17) is 4.74 Å². The second-order valence-electron chi connectivity index (χ2n) is 5.60. The number of halogens is 1. The molecule has 0 aliphatic carbocycles. The zero-order valence-corrected chi connectivity index (χ0v) is 14.3. The number of fused-ring (bicyclic) bond motifs is 2. The minimum absolute atomic E-state index is 0.350. The van der Waals surface area contributed by atoms with Crippen LogP contribution in [0, 0.1) is 0 Å². The van der Waals surface area contributed by atoms with Gasteiger partial charge in [0.05, 0.1) is 5.56 Å². The third-order valence-corrected chi connectivity index (χ3v) is 4.46. The Kier molecular flexibility index (Phi) is 3.79. The van der Waals surface area contributed by atoms with Gasteiger partial charge in [-0.1, -0.05) is 58.4 Å². The summed E-state index contributed by atoms with van der Waals surface area (Å²) in [7, 11) is 0. The predicted molar refractivity (Wildman–Crippen MR) is 101 cm³/mol. The molecule has 4 aromatic rings. The first-order valence-electron chi connectivity index (χ1n) is 7.59. The van der Waals surface area contributed by atoms with Crippen molar-refractivity contribution in [2.24, 2.45) is 0 Å². The molecular formula is C21H13BrO2. The summed E-state index contributed by atoms with van der Waals surface area (Å²) in [6.45, 7) is 0. The quantitative estimate of drug-likeness (QED) is 0.318. The molecule has 0 spiro atoms. The topological polar surface area (TPSA) is 26.3 Å². The van der Waals surface area contributed by atoms with Crippen LogP contribution in [0.2, 0.25) is 0 Å². The molecular weight excluding hydrogens is 364 g/mol. The van der Waals surface area contributed by atoms with E-state index in [2.05, 4.69) is 15.9 Å². The fourth-order valence-electron chi connectivity index (χ4n) is 2.74. The van der Waals surface area contributed by atoms with E-state index in [9.17, 15) is 4.79 Å². The molecule has 4 rings (SSSR count). The van der Waals surface area contributed by atoms with Gasteiger partial charge in [0.15, 0.2) is 0 Å². The Morgan fingerprint density at radius 1 is 0.708 bits per heavy atom. The molecule has 0 bridgehead atoms. The van der Waals surface area contributed by atoms with Gasteiger partial charge in [-0.25, -0.2) is 4.79 Å². The van der Waals surface area contributed by atoms with E-state index >= 15 is 0 Å². The third-order valence-electron chi connectivity index (χ3n) is 3.97. The van der Waals surface area contributed by atoms with Crippen molar-refractivity contribution in [2.75, 3.05) is 0 Å². The Morgan fingerprint density at radius 2 is 1.38 bits per heavy atom. The first-order chi connectivity index (χ1) is 11.7. The molecule has 0 aliphatic rings. The van der Waals surface area contributed by atoms with Crippen molar-refractivity contribution in [3.8, 4) is 5.75 Å². The van der Waals surface area contributed by atoms with Crippen LogP contribution in [0.3, 0.4) is 0 Å². The summed E-state index contributed by atoms with van der Waals surface area (Å²) in [5, 5.41) is 4.25. The van der Waals surface area contributed by atoms with E-state index in [1.54, 1.807) is 6.07 Å². The van der Waals surface area contributed by atoms with Gasteiger partial charge in [-0.3, -0.25) is 0 Å². The normalized spacial score (nSPS) is 10.9. The fourth-order valence-corrected chi connectivity index (χ4v) is 3.12. The Bertz CT molecular complexity index is 1070. The highest BCUT2D eigenvalue weighted by Crippen LogP contribution is 2.25. The zero-order valence-electron chi connectivity index (χ0n) is 12.7. The maximum Gasteiger partial charge on any atom is 0.343 e. The van der Waals surface area contributed by atoms with E-state index in [0.717, 1.165) is 26.0 Å². The molecule has 0 fully saturated rings. The van der Waals surface area contributed by atoms with Gasteiger partial charge < -0.3 is 4.74 Å². The number of hydrogen-bond donors (Lipinski definition) is 0. The Hall–Kier alpha value is -2.65. The second-order valence-corrected chi connectivity index (χ2v) is 6.52. The molecule has 0 radical (unpaired) electrons. The van der Waals surface area contributed by atoms with Crippen LogP contribution >= 0.6 is 15.9 Å². The third kappa shape index (κ3) is 2.91. The smallest absolute Gasteiger partial charge is 0.343 e. The van der Waals surface area contributed by atoms with Crippen LogP contribution in [0.1, 0.15) is 10.4 Å². The minimum Gasteiger partial charge on any atom is -0.423 e. The first-order valence-corrected chi connectivity index (χ1v) is 8.39. The van der Waals surface area contributed by atoms with Crippen molar-refractivity contribution in [1.29, 1.82) is 0 Å². The monoisotopic (exact) mass is 376 g/mol. The number of carbonyl (C=O) groups is 1. The number of ether oxygens (including phenoxy) is 1. The Balaban J connectivity index is 1.63.